The molecule has 28 heteroatoms. The lowest BCUT2D eigenvalue weighted by atomic mass is 9.89. The van der Waals surface area contributed by atoms with Gasteiger partial charge in [-0.3, -0.25) is 38.4 Å². The van der Waals surface area contributed by atoms with Crippen molar-refractivity contribution < 1.29 is 67.0 Å². The second-order valence-electron chi connectivity index (χ2n) is 39.5. The molecular weight excluding hydrogens is 1560 g/mol. The van der Waals surface area contributed by atoms with E-state index in [0.29, 0.717) is 82.1 Å². The minimum atomic E-state index is -0.481. The van der Waals surface area contributed by atoms with E-state index in [9.17, 15) is 52.7 Å². The molecule has 9 rings (SSSR count). The van der Waals surface area contributed by atoms with E-state index in [1.54, 1.807) is 14.7 Å². The van der Waals surface area contributed by atoms with Crippen molar-refractivity contribution in [3.63, 3.8) is 0 Å². The zero-order valence-electron chi connectivity index (χ0n) is 80.8. The van der Waals surface area contributed by atoms with Crippen LogP contribution in [0.2, 0.25) is 0 Å². The summed E-state index contributed by atoms with van der Waals surface area (Å²) in [6, 6.07) is 10.2. The molecule has 2 aliphatic carbocycles. The fraction of sp³-hybridized carbons (Fsp3) is 0.821. The van der Waals surface area contributed by atoms with Crippen molar-refractivity contribution in [3.05, 3.63) is 35.9 Å². The van der Waals surface area contributed by atoms with Crippen LogP contribution in [0, 0.1) is 82.9 Å². The third kappa shape index (κ3) is 52.4. The maximum atomic E-state index is 12.0. The summed E-state index contributed by atoms with van der Waals surface area (Å²) in [4.78, 5) is 134. The van der Waals surface area contributed by atoms with Crippen LogP contribution in [-0.4, -0.2) is 233 Å². The van der Waals surface area contributed by atoms with Gasteiger partial charge < -0.3 is 87.0 Å². The van der Waals surface area contributed by atoms with Gasteiger partial charge in [-0.25, -0.2) is 14.4 Å². The number of benzene rings is 1. The number of piperidine rings is 1. The predicted molar refractivity (Wildman–Crippen MR) is 492 cm³/mol. The van der Waals surface area contributed by atoms with Gasteiger partial charge in [0.15, 0.2) is 0 Å². The molecule has 0 aromatic heterocycles. The number of nitrogens with zero attached hydrogens (tertiary/aromatic N) is 4. The fourth-order valence-electron chi connectivity index (χ4n) is 14.5. The van der Waals surface area contributed by atoms with Gasteiger partial charge in [-0.1, -0.05) is 173 Å². The summed E-state index contributed by atoms with van der Waals surface area (Å²) in [6.07, 6.45) is 20.8. The largest absolute Gasteiger partial charge is 0.445 e. The van der Waals surface area contributed by atoms with Crippen LogP contribution in [0.25, 0.3) is 0 Å². The molecule has 6 saturated heterocycles. The maximum Gasteiger partial charge on any atom is 0.410 e. The molecule has 6 aliphatic heterocycles. The second-order valence-corrected chi connectivity index (χ2v) is 39.5. The Bertz CT molecular complexity index is 3060. The topological polar surface area (TPSA) is 349 Å². The summed E-state index contributed by atoms with van der Waals surface area (Å²) in [7, 11) is 2.13. The van der Waals surface area contributed by atoms with Crippen molar-refractivity contribution >= 4 is 65.5 Å². The van der Waals surface area contributed by atoms with E-state index in [2.05, 4.69) is 65.1 Å². The number of carbonyl (C=O) groups is 11. The summed E-state index contributed by atoms with van der Waals surface area (Å²) < 4.78 is 16.1. The molecule has 0 unspecified atom stereocenters. The standard InChI is InChI=1S/C17H24N2O3.C15H28N2O3.C14H26N2O3.C11H21NO.C10H20N2O.C10H19NO.2C9H18N2O/c1-13(2)16(20)18-10-15-8-9-19(11-15)17(21)22-12-14-6-4-3-5-7-14;1-11(2)13(18)16-9-12-7-6-8-17(10-12)14(19)20-15(3,4)5;1-10(2)12(17)15-9-11-7-6-8-16(11)13(18)19-14(3,4)5;1-9(2)11(13)12-8-10-6-4-3-5-7-10;1-8(2)10(13)11-6-9-4-5-12(3)7-9;1-8(2)10(12)11-7-9-5-3-4-6-9;1-7(2)9(12)11-6-8-3-4-10-5-8;1-7(2)9(12)11-6-8-4-3-5-10-8/h3-7,13,15H,8-12H2,1-2H3,(H,18,20);11-12H,6-10H2,1-5H3,(H,16,18);10-11H,6-9H2,1-5H3,(H,15,17);9-10H,3-8H2,1-2H3,(H,12,13);8-9H,4-7H2,1-3H3,(H,11,13);8-9H,3-7H2,1-2H3,(H,11,12);2*7-8,10H,3-6H2,1-2H3,(H,11,12)/t15-;12-;11-;;9-;;2*8-/m110.0.00/s1. The molecule has 0 spiro atoms. The molecule has 11 amide bonds. The van der Waals surface area contributed by atoms with Gasteiger partial charge in [0.1, 0.15) is 17.8 Å². The van der Waals surface area contributed by atoms with Crippen molar-refractivity contribution in [3.8, 4) is 0 Å². The molecule has 1 aromatic rings. The Kier molecular flexibility index (Phi) is 55.5. The number of rotatable bonds is 26. The number of ether oxygens (including phenoxy) is 3. The van der Waals surface area contributed by atoms with E-state index >= 15 is 0 Å². The quantitative estimate of drug-likeness (QED) is 0.0385. The zero-order valence-corrected chi connectivity index (χ0v) is 80.8. The number of carbonyl (C=O) groups excluding carboxylic acids is 11. The summed E-state index contributed by atoms with van der Waals surface area (Å²) in [5.41, 5.74) is 0.0391. The number of amides is 11. The maximum absolute atomic E-state index is 12.0. The van der Waals surface area contributed by atoms with Gasteiger partial charge >= 0.3 is 18.3 Å². The number of likely N-dealkylation sites (tertiary alicyclic amines) is 4. The van der Waals surface area contributed by atoms with Crippen LogP contribution in [0.3, 0.4) is 0 Å². The van der Waals surface area contributed by atoms with Gasteiger partial charge in [-0.05, 0) is 199 Å². The lowest BCUT2D eigenvalue weighted by Crippen LogP contribution is -2.45. The second kappa shape index (κ2) is 61.1. The van der Waals surface area contributed by atoms with Crippen LogP contribution in [-0.2, 0) is 59.2 Å². The Morgan fingerprint density at radius 1 is 0.358 bits per heavy atom. The first-order valence-corrected chi connectivity index (χ1v) is 47.1. The fourth-order valence-corrected chi connectivity index (χ4v) is 14.5. The Balaban J connectivity index is 0.000000482. The van der Waals surface area contributed by atoms with Gasteiger partial charge in [0.2, 0.25) is 47.3 Å². The van der Waals surface area contributed by atoms with E-state index < -0.39 is 11.2 Å². The molecule has 6 heterocycles. The van der Waals surface area contributed by atoms with Crippen LogP contribution in [0.4, 0.5) is 14.4 Å². The minimum absolute atomic E-state index is 0.000509. The van der Waals surface area contributed by atoms with Crippen molar-refractivity contribution in [1.82, 2.24) is 72.8 Å². The molecule has 0 radical (unpaired) electrons. The van der Waals surface area contributed by atoms with Crippen LogP contribution in [0.15, 0.2) is 30.3 Å². The normalized spacial score (nSPS) is 20.3. The molecule has 10 N–H and O–H groups in total. The average molecular weight is 1740 g/mol. The molecule has 8 fully saturated rings. The van der Waals surface area contributed by atoms with Gasteiger partial charge in [0, 0.05) is 145 Å². The number of nitrogens with one attached hydrogen (secondary N) is 10. The molecule has 708 valence electrons. The first kappa shape index (κ1) is 112. The summed E-state index contributed by atoms with van der Waals surface area (Å²) in [5.74, 6) is 5.04. The molecule has 6 atom stereocenters. The van der Waals surface area contributed by atoms with Gasteiger partial charge in [-0.2, -0.15) is 0 Å². The molecule has 2 saturated carbocycles. The molecular formula is C95H174N14O14. The SMILES string of the molecule is CC(C)C(=O)NCC1CCCC1.CC(C)C(=O)NCC1CCCCC1.CC(C)C(=O)NC[C@@H]1CCCN1.CC(C)C(=O)NC[C@@H]1CCCN1C(=O)OC(C)(C)C.CC(C)C(=O)NC[C@@H]1CCN(C)C1.CC(C)C(=O)NC[C@H]1CCCN(C(=O)OC(C)(C)C)C1.CC(C)C(=O)NC[C@H]1CCN(C(=O)OCc2ccccc2)C1.CC(C)C(=O)NC[C@H]1CCNC1. The minimum Gasteiger partial charge on any atom is -0.445 e. The van der Waals surface area contributed by atoms with Gasteiger partial charge in [-0.15, -0.1) is 0 Å². The van der Waals surface area contributed by atoms with Gasteiger partial charge in [0.05, 0.1) is 6.04 Å². The number of hydrogen-bond acceptors (Lipinski definition) is 17. The van der Waals surface area contributed by atoms with Crippen LogP contribution >= 0.6 is 0 Å². The molecule has 8 aliphatic rings. The summed E-state index contributed by atoms with van der Waals surface area (Å²) in [6.45, 7) is 57.0. The molecule has 0 bridgehead atoms. The highest BCUT2D eigenvalue weighted by atomic mass is 16.6. The predicted octanol–water partition coefficient (Wildman–Crippen LogP) is 12.9. The van der Waals surface area contributed by atoms with Crippen LogP contribution < -0.4 is 53.2 Å². The Labute approximate surface area is 743 Å². The average Bonchev–Trinajstić information content (AvgIpc) is 1.78. The highest BCUT2D eigenvalue weighted by molar-refractivity contribution is 5.81. The van der Waals surface area contributed by atoms with Gasteiger partial charge in [0.25, 0.3) is 0 Å². The molecule has 28 nitrogen and oxygen atoms in total. The zero-order chi connectivity index (χ0) is 92.4. The van der Waals surface area contributed by atoms with Crippen molar-refractivity contribution in [2.75, 3.05) is 125 Å². The molecule has 123 heavy (non-hydrogen) atoms. The first-order chi connectivity index (χ1) is 57.8. The Morgan fingerprint density at radius 2 is 0.724 bits per heavy atom. The van der Waals surface area contributed by atoms with Crippen LogP contribution in [0.5, 0.6) is 0 Å². The molecule has 1 aromatic carbocycles. The summed E-state index contributed by atoms with van der Waals surface area (Å²) >= 11 is 0. The lowest BCUT2D eigenvalue weighted by Gasteiger charge is -2.34. The lowest BCUT2D eigenvalue weighted by molar-refractivity contribution is -0.125. The van der Waals surface area contributed by atoms with E-state index in [0.717, 1.165) is 115 Å². The van der Waals surface area contributed by atoms with E-state index in [1.165, 1.54) is 90.0 Å². The van der Waals surface area contributed by atoms with E-state index in [1.807, 2.05) is 183 Å². The third-order valence-corrected chi connectivity index (χ3v) is 22.6. The van der Waals surface area contributed by atoms with Crippen molar-refractivity contribution in [2.24, 2.45) is 82.9 Å². The Morgan fingerprint density at radius 3 is 1.12 bits per heavy atom. The third-order valence-electron chi connectivity index (χ3n) is 22.6. The van der Waals surface area contributed by atoms with E-state index in [-0.39, 0.29) is 119 Å². The highest BCUT2D eigenvalue weighted by Crippen LogP contribution is 2.26. The first-order valence-electron chi connectivity index (χ1n) is 47.1. The Hall–Kier alpha value is -7.33. The summed E-state index contributed by atoms with van der Waals surface area (Å²) in [5, 5.41) is 30.2. The van der Waals surface area contributed by atoms with Crippen molar-refractivity contribution in [1.29, 1.82) is 0 Å². The van der Waals surface area contributed by atoms with Crippen LogP contribution in [0.1, 0.15) is 273 Å². The highest BCUT2D eigenvalue weighted by Gasteiger charge is 2.34. The smallest absolute Gasteiger partial charge is 0.410 e. The van der Waals surface area contributed by atoms with E-state index in [4.69, 9.17) is 14.2 Å². The monoisotopic (exact) mass is 1740 g/mol. The van der Waals surface area contributed by atoms with Crippen molar-refractivity contribution in [2.45, 2.75) is 298 Å². The number of hydrogen-bond donors (Lipinski definition) is 10.